The summed E-state index contributed by atoms with van der Waals surface area (Å²) in [5.74, 6) is 0.145. The first-order chi connectivity index (χ1) is 8.06. The van der Waals surface area contributed by atoms with Crippen LogP contribution in [0.1, 0.15) is 26.4 Å². The molecule has 0 amide bonds. The van der Waals surface area contributed by atoms with E-state index in [0.29, 0.717) is 6.42 Å². The van der Waals surface area contributed by atoms with Gasteiger partial charge >= 0.3 is 0 Å². The third kappa shape index (κ3) is 2.96. The second kappa shape index (κ2) is 5.03. The van der Waals surface area contributed by atoms with Gasteiger partial charge < -0.3 is 0 Å². The maximum absolute atomic E-state index is 12.1. The molecule has 1 aromatic carbocycles. The summed E-state index contributed by atoms with van der Waals surface area (Å²) in [5, 5.41) is 0. The summed E-state index contributed by atoms with van der Waals surface area (Å²) < 4.78 is 0.730. The van der Waals surface area contributed by atoms with Crippen molar-refractivity contribution in [1.29, 1.82) is 0 Å². The molecule has 0 aliphatic carbocycles. The quantitative estimate of drug-likeness (QED) is 0.749. The van der Waals surface area contributed by atoms with Crippen molar-refractivity contribution < 1.29 is 4.79 Å². The average Bonchev–Trinajstić information content (AvgIpc) is 2.68. The lowest BCUT2D eigenvalue weighted by Gasteiger charge is -2.03. The van der Waals surface area contributed by atoms with E-state index in [1.807, 2.05) is 44.2 Å². The van der Waals surface area contributed by atoms with Crippen molar-refractivity contribution in [2.45, 2.75) is 20.3 Å². The molecule has 0 saturated carbocycles. The molecule has 0 aliphatic heterocycles. The summed E-state index contributed by atoms with van der Waals surface area (Å²) in [4.78, 5) is 13.1. The van der Waals surface area contributed by atoms with Crippen LogP contribution in [0, 0.1) is 13.8 Å². The van der Waals surface area contributed by atoms with Crippen LogP contribution in [0.3, 0.4) is 0 Å². The predicted molar refractivity (Wildman–Crippen MR) is 73.3 cm³/mol. The number of rotatable bonds is 3. The SMILES string of the molecule is Cc1ccc(C(=O)Cc2ccc(Cl)s2)cc1C. The van der Waals surface area contributed by atoms with Crippen molar-refractivity contribution in [2.75, 3.05) is 0 Å². The van der Waals surface area contributed by atoms with Gasteiger partial charge in [-0.2, -0.15) is 0 Å². The Hall–Kier alpha value is -1.12. The number of carbonyl (C=O) groups excluding carboxylic acids is 1. The topological polar surface area (TPSA) is 17.1 Å². The Balaban J connectivity index is 2.17. The number of ketones is 1. The lowest BCUT2D eigenvalue weighted by atomic mass is 10.0. The van der Waals surface area contributed by atoms with Gasteiger partial charge in [0.15, 0.2) is 5.78 Å². The van der Waals surface area contributed by atoms with Crippen LogP contribution in [0.4, 0.5) is 0 Å². The van der Waals surface area contributed by atoms with E-state index in [1.165, 1.54) is 16.9 Å². The minimum absolute atomic E-state index is 0.145. The van der Waals surface area contributed by atoms with E-state index in [0.717, 1.165) is 20.3 Å². The summed E-state index contributed by atoms with van der Waals surface area (Å²) >= 11 is 7.31. The number of benzene rings is 1. The van der Waals surface area contributed by atoms with Crippen molar-refractivity contribution >= 4 is 28.7 Å². The lowest BCUT2D eigenvalue weighted by Crippen LogP contribution is -2.02. The number of Topliss-reactive ketones (excluding diaryl/α,β-unsaturated/α-hetero) is 1. The second-order valence-electron chi connectivity index (χ2n) is 4.10. The van der Waals surface area contributed by atoms with Crippen LogP contribution < -0.4 is 0 Å². The molecule has 0 spiro atoms. The normalized spacial score (nSPS) is 10.5. The number of aryl methyl sites for hydroxylation is 2. The van der Waals surface area contributed by atoms with Gasteiger partial charge in [0.2, 0.25) is 0 Å². The monoisotopic (exact) mass is 264 g/mol. The highest BCUT2D eigenvalue weighted by atomic mass is 35.5. The van der Waals surface area contributed by atoms with E-state index in [-0.39, 0.29) is 5.78 Å². The third-order valence-electron chi connectivity index (χ3n) is 2.79. The van der Waals surface area contributed by atoms with E-state index in [9.17, 15) is 4.79 Å². The highest BCUT2D eigenvalue weighted by Crippen LogP contribution is 2.23. The van der Waals surface area contributed by atoms with Crippen molar-refractivity contribution in [3.63, 3.8) is 0 Å². The second-order valence-corrected chi connectivity index (χ2v) is 5.90. The predicted octanol–water partition coefficient (Wildman–Crippen LogP) is 4.44. The molecule has 1 heterocycles. The van der Waals surface area contributed by atoms with Crippen molar-refractivity contribution in [3.8, 4) is 0 Å². The number of carbonyl (C=O) groups is 1. The van der Waals surface area contributed by atoms with Crippen LogP contribution in [-0.2, 0) is 6.42 Å². The fraction of sp³-hybridized carbons (Fsp3) is 0.214. The molecule has 0 radical (unpaired) electrons. The summed E-state index contributed by atoms with van der Waals surface area (Å²) in [7, 11) is 0. The highest BCUT2D eigenvalue weighted by Gasteiger charge is 2.09. The Labute approximate surface area is 110 Å². The van der Waals surface area contributed by atoms with E-state index in [2.05, 4.69) is 0 Å². The Morgan fingerprint density at radius 3 is 2.53 bits per heavy atom. The van der Waals surface area contributed by atoms with E-state index >= 15 is 0 Å². The molecule has 0 aliphatic rings. The molecule has 0 fully saturated rings. The molecular weight excluding hydrogens is 252 g/mol. The first kappa shape index (κ1) is 12.3. The number of halogens is 1. The summed E-state index contributed by atoms with van der Waals surface area (Å²) in [6.45, 7) is 4.07. The number of hydrogen-bond donors (Lipinski definition) is 0. The van der Waals surface area contributed by atoms with Gasteiger partial charge in [0, 0.05) is 16.9 Å². The molecule has 88 valence electrons. The zero-order valence-electron chi connectivity index (χ0n) is 9.79. The zero-order valence-corrected chi connectivity index (χ0v) is 11.4. The first-order valence-electron chi connectivity index (χ1n) is 5.41. The van der Waals surface area contributed by atoms with Crippen LogP contribution >= 0.6 is 22.9 Å². The average molecular weight is 265 g/mol. The number of hydrogen-bond acceptors (Lipinski definition) is 2. The summed E-state index contributed by atoms with van der Waals surface area (Å²) in [5.41, 5.74) is 3.14. The lowest BCUT2D eigenvalue weighted by molar-refractivity contribution is 0.0994. The fourth-order valence-electron chi connectivity index (χ4n) is 1.62. The highest BCUT2D eigenvalue weighted by molar-refractivity contribution is 7.16. The van der Waals surface area contributed by atoms with E-state index in [4.69, 9.17) is 11.6 Å². The molecule has 2 aromatic rings. The number of thiophene rings is 1. The van der Waals surface area contributed by atoms with Gasteiger partial charge in [0.05, 0.1) is 4.34 Å². The summed E-state index contributed by atoms with van der Waals surface area (Å²) in [6.07, 6.45) is 0.430. The van der Waals surface area contributed by atoms with E-state index in [1.54, 1.807) is 0 Å². The smallest absolute Gasteiger partial charge is 0.168 e. The molecule has 2 rings (SSSR count). The van der Waals surface area contributed by atoms with Gasteiger partial charge in [-0.25, -0.2) is 0 Å². The maximum Gasteiger partial charge on any atom is 0.168 e. The molecule has 17 heavy (non-hydrogen) atoms. The summed E-state index contributed by atoms with van der Waals surface area (Å²) in [6, 6.07) is 9.57. The van der Waals surface area contributed by atoms with Gasteiger partial charge in [-0.3, -0.25) is 4.79 Å². The van der Waals surface area contributed by atoms with Crippen molar-refractivity contribution in [2.24, 2.45) is 0 Å². The first-order valence-corrected chi connectivity index (χ1v) is 6.60. The van der Waals surface area contributed by atoms with Gasteiger partial charge in [-0.05, 0) is 43.2 Å². The van der Waals surface area contributed by atoms with Gasteiger partial charge in [-0.1, -0.05) is 23.7 Å². The molecule has 1 nitrogen and oxygen atoms in total. The minimum atomic E-state index is 0.145. The molecule has 0 bridgehead atoms. The molecule has 0 N–H and O–H groups in total. The fourth-order valence-corrected chi connectivity index (χ4v) is 2.71. The van der Waals surface area contributed by atoms with Crippen LogP contribution in [-0.4, -0.2) is 5.78 Å². The molecular formula is C14H13ClOS. The van der Waals surface area contributed by atoms with Crippen LogP contribution in [0.15, 0.2) is 30.3 Å². The van der Waals surface area contributed by atoms with Crippen molar-refractivity contribution in [3.05, 3.63) is 56.2 Å². The third-order valence-corrected chi connectivity index (χ3v) is 4.02. The van der Waals surface area contributed by atoms with Gasteiger partial charge in [0.1, 0.15) is 0 Å². The van der Waals surface area contributed by atoms with Gasteiger partial charge in [-0.15, -0.1) is 11.3 Å². The van der Waals surface area contributed by atoms with E-state index < -0.39 is 0 Å². The molecule has 1 aromatic heterocycles. The van der Waals surface area contributed by atoms with Gasteiger partial charge in [0.25, 0.3) is 0 Å². The van der Waals surface area contributed by atoms with Crippen LogP contribution in [0.2, 0.25) is 4.34 Å². The maximum atomic E-state index is 12.1. The standard InChI is InChI=1S/C14H13ClOS/c1-9-3-4-11(7-10(9)2)13(16)8-12-5-6-14(15)17-12/h3-7H,8H2,1-2H3. The molecule has 0 atom stereocenters. The Bertz CT molecular complexity index is 557. The van der Waals surface area contributed by atoms with Crippen LogP contribution in [0.25, 0.3) is 0 Å². The Kier molecular flexibility index (Phi) is 3.65. The molecule has 3 heteroatoms. The molecule has 0 unspecified atom stereocenters. The molecule has 0 saturated heterocycles. The Morgan fingerprint density at radius 2 is 1.94 bits per heavy atom. The minimum Gasteiger partial charge on any atom is -0.294 e. The largest absolute Gasteiger partial charge is 0.294 e. The van der Waals surface area contributed by atoms with Crippen molar-refractivity contribution in [1.82, 2.24) is 0 Å². The van der Waals surface area contributed by atoms with Crippen LogP contribution in [0.5, 0.6) is 0 Å². The zero-order chi connectivity index (χ0) is 12.4. The Morgan fingerprint density at radius 1 is 1.18 bits per heavy atom.